The zero-order chi connectivity index (χ0) is 13.8. The average Bonchev–Trinajstić information content (AvgIpc) is 2.67. The predicted molar refractivity (Wildman–Crippen MR) is 76.8 cm³/mol. The Balaban J connectivity index is 2.17. The Morgan fingerprint density at radius 1 is 1.53 bits per heavy atom. The van der Waals surface area contributed by atoms with Gasteiger partial charge in [-0.1, -0.05) is 20.3 Å². The van der Waals surface area contributed by atoms with E-state index in [-0.39, 0.29) is 11.8 Å². The maximum absolute atomic E-state index is 11.2. The van der Waals surface area contributed by atoms with Crippen molar-refractivity contribution in [1.29, 1.82) is 0 Å². The van der Waals surface area contributed by atoms with Gasteiger partial charge < -0.3 is 15.6 Å². The SMILES string of the molecule is CCNC1CCCCc2cn(CC(C)C(N)=O)cc21. The van der Waals surface area contributed by atoms with E-state index in [9.17, 15) is 4.79 Å². The molecule has 4 nitrogen and oxygen atoms in total. The van der Waals surface area contributed by atoms with Crippen molar-refractivity contribution in [3.05, 3.63) is 23.5 Å². The summed E-state index contributed by atoms with van der Waals surface area (Å²) in [5.41, 5.74) is 8.19. The first-order valence-electron chi connectivity index (χ1n) is 7.33. The molecule has 1 aromatic rings. The van der Waals surface area contributed by atoms with Crippen LogP contribution in [0.15, 0.2) is 12.4 Å². The van der Waals surface area contributed by atoms with Gasteiger partial charge in [0.2, 0.25) is 5.91 Å². The number of nitrogens with one attached hydrogen (secondary N) is 1. The van der Waals surface area contributed by atoms with Crippen LogP contribution in [0.1, 0.15) is 50.3 Å². The van der Waals surface area contributed by atoms with E-state index < -0.39 is 0 Å². The van der Waals surface area contributed by atoms with E-state index in [0.717, 1.165) is 13.0 Å². The van der Waals surface area contributed by atoms with Gasteiger partial charge in [-0.2, -0.15) is 0 Å². The van der Waals surface area contributed by atoms with Gasteiger partial charge in [0, 0.05) is 25.0 Å². The highest BCUT2D eigenvalue weighted by Crippen LogP contribution is 2.29. The highest BCUT2D eigenvalue weighted by atomic mass is 16.1. The van der Waals surface area contributed by atoms with Crippen LogP contribution >= 0.6 is 0 Å². The number of amides is 1. The van der Waals surface area contributed by atoms with Crippen LogP contribution in [-0.2, 0) is 17.8 Å². The largest absolute Gasteiger partial charge is 0.369 e. The smallest absolute Gasteiger partial charge is 0.222 e. The van der Waals surface area contributed by atoms with Crippen LogP contribution in [0.2, 0.25) is 0 Å². The first-order chi connectivity index (χ1) is 9.11. The monoisotopic (exact) mass is 263 g/mol. The molecule has 0 saturated carbocycles. The number of rotatable bonds is 5. The van der Waals surface area contributed by atoms with E-state index in [1.54, 1.807) is 0 Å². The van der Waals surface area contributed by atoms with E-state index >= 15 is 0 Å². The Labute approximate surface area is 115 Å². The fourth-order valence-corrected chi connectivity index (χ4v) is 2.89. The molecule has 1 heterocycles. The van der Waals surface area contributed by atoms with Crippen molar-refractivity contribution >= 4 is 5.91 Å². The van der Waals surface area contributed by atoms with Crippen molar-refractivity contribution in [2.24, 2.45) is 11.7 Å². The Kier molecular flexibility index (Phi) is 4.64. The molecule has 0 aromatic carbocycles. The summed E-state index contributed by atoms with van der Waals surface area (Å²) in [4.78, 5) is 11.2. The molecule has 19 heavy (non-hydrogen) atoms. The highest BCUT2D eigenvalue weighted by Gasteiger charge is 2.20. The predicted octanol–water partition coefficient (Wildman–Crippen LogP) is 1.99. The molecule has 1 amide bonds. The van der Waals surface area contributed by atoms with Gasteiger partial charge in [-0.3, -0.25) is 4.79 Å². The van der Waals surface area contributed by atoms with Crippen molar-refractivity contribution < 1.29 is 4.79 Å². The number of hydrogen-bond donors (Lipinski definition) is 2. The number of carbonyl (C=O) groups excluding carboxylic acids is 1. The van der Waals surface area contributed by atoms with Crippen LogP contribution < -0.4 is 11.1 Å². The lowest BCUT2D eigenvalue weighted by Crippen LogP contribution is -2.24. The Morgan fingerprint density at radius 3 is 3.00 bits per heavy atom. The van der Waals surface area contributed by atoms with E-state index in [1.165, 1.54) is 30.4 Å². The van der Waals surface area contributed by atoms with Gasteiger partial charge >= 0.3 is 0 Å². The first kappa shape index (κ1) is 14.1. The summed E-state index contributed by atoms with van der Waals surface area (Å²) in [5, 5.41) is 3.57. The maximum atomic E-state index is 11.2. The number of nitrogens with zero attached hydrogens (tertiary/aromatic N) is 1. The number of aryl methyl sites for hydroxylation is 1. The number of nitrogens with two attached hydrogens (primary N) is 1. The van der Waals surface area contributed by atoms with Gasteiger partial charge in [0.05, 0.1) is 5.92 Å². The summed E-state index contributed by atoms with van der Waals surface area (Å²) in [6.45, 7) is 5.71. The lowest BCUT2D eigenvalue weighted by atomic mass is 10.0. The molecule has 2 unspecified atom stereocenters. The molecule has 3 N–H and O–H groups in total. The summed E-state index contributed by atoms with van der Waals surface area (Å²) in [5.74, 6) is -0.347. The number of carbonyl (C=O) groups is 1. The summed E-state index contributed by atoms with van der Waals surface area (Å²) in [7, 11) is 0. The molecule has 0 fully saturated rings. The molecule has 106 valence electrons. The van der Waals surface area contributed by atoms with Crippen LogP contribution in [0.4, 0.5) is 0 Å². The number of fused-ring (bicyclic) bond motifs is 1. The minimum Gasteiger partial charge on any atom is -0.369 e. The van der Waals surface area contributed by atoms with Crippen LogP contribution in [0, 0.1) is 5.92 Å². The molecule has 2 rings (SSSR count). The Hall–Kier alpha value is -1.29. The Bertz CT molecular complexity index is 439. The molecule has 0 bridgehead atoms. The second-order valence-electron chi connectivity index (χ2n) is 5.60. The first-order valence-corrected chi connectivity index (χ1v) is 7.33. The molecular formula is C15H25N3O. The summed E-state index contributed by atoms with van der Waals surface area (Å²) in [6.07, 6.45) is 9.29. The van der Waals surface area contributed by atoms with Crippen LogP contribution in [0.25, 0.3) is 0 Å². The minimum absolute atomic E-state index is 0.117. The molecule has 1 aliphatic carbocycles. The van der Waals surface area contributed by atoms with E-state index in [0.29, 0.717) is 12.6 Å². The van der Waals surface area contributed by atoms with Crippen LogP contribution in [0.5, 0.6) is 0 Å². The summed E-state index contributed by atoms with van der Waals surface area (Å²) in [6, 6.07) is 0.465. The summed E-state index contributed by atoms with van der Waals surface area (Å²) < 4.78 is 2.13. The van der Waals surface area contributed by atoms with Crippen LogP contribution in [0.3, 0.4) is 0 Å². The molecule has 1 aliphatic rings. The lowest BCUT2D eigenvalue weighted by Gasteiger charge is -2.15. The third kappa shape index (κ3) is 3.38. The van der Waals surface area contributed by atoms with Crippen molar-refractivity contribution in [3.8, 4) is 0 Å². The van der Waals surface area contributed by atoms with Crippen LogP contribution in [-0.4, -0.2) is 17.0 Å². The van der Waals surface area contributed by atoms with E-state index in [4.69, 9.17) is 5.73 Å². The molecule has 4 heteroatoms. The molecule has 0 saturated heterocycles. The second kappa shape index (κ2) is 6.24. The zero-order valence-electron chi connectivity index (χ0n) is 12.0. The topological polar surface area (TPSA) is 60.1 Å². The van der Waals surface area contributed by atoms with Gasteiger partial charge in [-0.05, 0) is 36.9 Å². The molecule has 1 aromatic heterocycles. The number of aromatic nitrogens is 1. The third-order valence-corrected chi connectivity index (χ3v) is 3.98. The number of hydrogen-bond acceptors (Lipinski definition) is 2. The van der Waals surface area contributed by atoms with Gasteiger partial charge in [-0.25, -0.2) is 0 Å². The third-order valence-electron chi connectivity index (χ3n) is 3.98. The molecule has 0 spiro atoms. The summed E-state index contributed by atoms with van der Waals surface area (Å²) >= 11 is 0. The normalized spacial score (nSPS) is 20.6. The average molecular weight is 263 g/mol. The van der Waals surface area contributed by atoms with Gasteiger partial charge in [0.1, 0.15) is 0 Å². The Morgan fingerprint density at radius 2 is 2.32 bits per heavy atom. The highest BCUT2D eigenvalue weighted by molar-refractivity contribution is 5.76. The molecule has 0 radical (unpaired) electrons. The molecular weight excluding hydrogens is 238 g/mol. The van der Waals surface area contributed by atoms with E-state index in [1.807, 2.05) is 6.92 Å². The fourth-order valence-electron chi connectivity index (χ4n) is 2.89. The van der Waals surface area contributed by atoms with Crippen molar-refractivity contribution in [1.82, 2.24) is 9.88 Å². The minimum atomic E-state index is -0.230. The van der Waals surface area contributed by atoms with Crippen molar-refractivity contribution in [3.63, 3.8) is 0 Å². The zero-order valence-corrected chi connectivity index (χ0v) is 12.0. The molecule has 0 aliphatic heterocycles. The maximum Gasteiger partial charge on any atom is 0.222 e. The lowest BCUT2D eigenvalue weighted by molar-refractivity contribution is -0.121. The standard InChI is InChI=1S/C15H25N3O/c1-3-17-14-7-5-4-6-12-9-18(10-13(12)14)8-11(2)15(16)19/h9-11,14,17H,3-8H2,1-2H3,(H2,16,19). The van der Waals surface area contributed by atoms with E-state index in [2.05, 4.69) is 29.2 Å². The van der Waals surface area contributed by atoms with Gasteiger partial charge in [0.15, 0.2) is 0 Å². The second-order valence-corrected chi connectivity index (χ2v) is 5.60. The van der Waals surface area contributed by atoms with Gasteiger partial charge in [0.25, 0.3) is 0 Å². The quantitative estimate of drug-likeness (QED) is 0.798. The number of primary amides is 1. The van der Waals surface area contributed by atoms with Crippen molar-refractivity contribution in [2.45, 2.75) is 52.1 Å². The molecule has 2 atom stereocenters. The fraction of sp³-hybridized carbons (Fsp3) is 0.667. The van der Waals surface area contributed by atoms with Gasteiger partial charge in [-0.15, -0.1) is 0 Å². The van der Waals surface area contributed by atoms with Crippen molar-refractivity contribution in [2.75, 3.05) is 6.54 Å².